The minimum atomic E-state index is -0.431. The van der Waals surface area contributed by atoms with Gasteiger partial charge in [0.25, 0.3) is 5.69 Å². The van der Waals surface area contributed by atoms with Gasteiger partial charge >= 0.3 is 0 Å². The molecule has 0 atom stereocenters. The molecule has 1 aromatic carbocycles. The fourth-order valence-corrected chi connectivity index (χ4v) is 1.20. The van der Waals surface area contributed by atoms with Crippen LogP contribution in [0.25, 0.3) is 0 Å². The molecule has 16 heavy (non-hydrogen) atoms. The summed E-state index contributed by atoms with van der Waals surface area (Å²) in [5.41, 5.74) is 0.0503. The number of benzene rings is 1. The number of nitro groups is 1. The summed E-state index contributed by atoms with van der Waals surface area (Å²) in [5.74, 6) is 0.528. The summed E-state index contributed by atoms with van der Waals surface area (Å²) < 4.78 is 5.38. The van der Waals surface area contributed by atoms with Gasteiger partial charge in [-0.3, -0.25) is 10.1 Å². The zero-order valence-electron chi connectivity index (χ0n) is 9.47. The fourth-order valence-electron chi connectivity index (χ4n) is 1.20. The van der Waals surface area contributed by atoms with Gasteiger partial charge in [-0.1, -0.05) is 19.9 Å². The van der Waals surface area contributed by atoms with Crippen molar-refractivity contribution in [3.8, 4) is 5.75 Å². The van der Waals surface area contributed by atoms with Crippen LogP contribution >= 0.6 is 0 Å². The maximum Gasteiger partial charge on any atom is 0.273 e. The van der Waals surface area contributed by atoms with Gasteiger partial charge < -0.3 is 10.1 Å². The Labute approximate surface area is 94.6 Å². The normalized spacial score (nSPS) is 10.4. The molecule has 0 spiro atoms. The number of nitrogens with zero attached hydrogens (tertiary/aromatic N) is 1. The summed E-state index contributed by atoms with van der Waals surface area (Å²) >= 11 is 0. The average molecular weight is 224 g/mol. The van der Waals surface area contributed by atoms with Crippen molar-refractivity contribution in [3.05, 3.63) is 34.4 Å². The summed E-state index contributed by atoms with van der Waals surface area (Å²) in [6, 6.07) is 6.61. The van der Waals surface area contributed by atoms with E-state index >= 15 is 0 Å². The Hall–Kier alpha value is -1.62. The minimum absolute atomic E-state index is 0.0503. The molecule has 1 N–H and O–H groups in total. The van der Waals surface area contributed by atoms with Crippen molar-refractivity contribution in [2.24, 2.45) is 0 Å². The van der Waals surface area contributed by atoms with Crippen LogP contribution in [0.5, 0.6) is 5.75 Å². The second-order valence-electron chi connectivity index (χ2n) is 3.71. The van der Waals surface area contributed by atoms with Crippen LogP contribution in [-0.2, 0) is 0 Å². The number of rotatable bonds is 6. The molecule has 1 rings (SSSR count). The lowest BCUT2D eigenvalue weighted by molar-refractivity contribution is -0.384. The topological polar surface area (TPSA) is 64.4 Å². The first kappa shape index (κ1) is 12.4. The van der Waals surface area contributed by atoms with Gasteiger partial charge in [-0.05, 0) is 6.07 Å². The molecule has 1 aromatic rings. The third kappa shape index (κ3) is 4.27. The Morgan fingerprint density at radius 1 is 1.50 bits per heavy atom. The molecule has 0 saturated carbocycles. The molecule has 0 aromatic heterocycles. The Balaban J connectivity index is 2.42. The highest BCUT2D eigenvalue weighted by Crippen LogP contribution is 2.18. The molecule has 0 aliphatic heterocycles. The molecule has 0 bridgehead atoms. The van der Waals surface area contributed by atoms with E-state index < -0.39 is 4.92 Å². The van der Waals surface area contributed by atoms with E-state index in [0.29, 0.717) is 18.4 Å². The van der Waals surface area contributed by atoms with E-state index in [1.165, 1.54) is 12.1 Å². The average Bonchev–Trinajstić information content (AvgIpc) is 2.24. The van der Waals surface area contributed by atoms with Gasteiger partial charge in [0.2, 0.25) is 0 Å². The standard InChI is InChI=1S/C11H16N2O3/c1-9(2)12-6-7-16-11-5-3-4-10(8-11)13(14)15/h3-5,8-9,12H,6-7H2,1-2H3. The smallest absolute Gasteiger partial charge is 0.273 e. The zero-order valence-corrected chi connectivity index (χ0v) is 9.47. The quantitative estimate of drug-likeness (QED) is 0.456. The predicted molar refractivity (Wildman–Crippen MR) is 61.7 cm³/mol. The molecule has 0 unspecified atom stereocenters. The van der Waals surface area contributed by atoms with Gasteiger partial charge in [-0.25, -0.2) is 0 Å². The third-order valence-electron chi connectivity index (χ3n) is 1.95. The first-order chi connectivity index (χ1) is 7.59. The molecule has 88 valence electrons. The van der Waals surface area contributed by atoms with Crippen LogP contribution in [-0.4, -0.2) is 24.1 Å². The summed E-state index contributed by atoms with van der Waals surface area (Å²) in [4.78, 5) is 10.1. The fraction of sp³-hybridized carbons (Fsp3) is 0.455. The molecule has 0 amide bonds. The van der Waals surface area contributed by atoms with Crippen LogP contribution in [0.4, 0.5) is 5.69 Å². The molecule has 5 nitrogen and oxygen atoms in total. The zero-order chi connectivity index (χ0) is 12.0. The van der Waals surface area contributed by atoms with E-state index in [-0.39, 0.29) is 5.69 Å². The number of non-ortho nitro benzene ring substituents is 1. The molecule has 0 heterocycles. The van der Waals surface area contributed by atoms with Gasteiger partial charge in [0, 0.05) is 18.7 Å². The van der Waals surface area contributed by atoms with Crippen molar-refractivity contribution < 1.29 is 9.66 Å². The molecular weight excluding hydrogens is 208 g/mol. The first-order valence-electron chi connectivity index (χ1n) is 5.20. The number of hydrogen-bond donors (Lipinski definition) is 1. The van der Waals surface area contributed by atoms with E-state index in [1.807, 2.05) is 13.8 Å². The number of nitro benzene ring substituents is 1. The third-order valence-corrected chi connectivity index (χ3v) is 1.95. The van der Waals surface area contributed by atoms with Crippen molar-refractivity contribution in [1.29, 1.82) is 0 Å². The Bertz CT molecular complexity index is 353. The van der Waals surface area contributed by atoms with Gasteiger partial charge in [-0.15, -0.1) is 0 Å². The van der Waals surface area contributed by atoms with E-state index in [1.54, 1.807) is 12.1 Å². The second-order valence-corrected chi connectivity index (χ2v) is 3.71. The molecule has 5 heteroatoms. The number of ether oxygens (including phenoxy) is 1. The summed E-state index contributed by atoms with van der Waals surface area (Å²) in [6.45, 7) is 5.32. The SMILES string of the molecule is CC(C)NCCOc1cccc([N+](=O)[O-])c1. The predicted octanol–water partition coefficient (Wildman–Crippen LogP) is 1.97. The highest BCUT2D eigenvalue weighted by atomic mass is 16.6. The van der Waals surface area contributed by atoms with Gasteiger partial charge in [0.05, 0.1) is 11.0 Å². The minimum Gasteiger partial charge on any atom is -0.492 e. The van der Waals surface area contributed by atoms with E-state index in [0.717, 1.165) is 6.54 Å². The molecule has 0 aliphatic carbocycles. The van der Waals surface area contributed by atoms with Crippen molar-refractivity contribution in [3.63, 3.8) is 0 Å². The van der Waals surface area contributed by atoms with Crippen molar-refractivity contribution in [2.75, 3.05) is 13.2 Å². The summed E-state index contributed by atoms with van der Waals surface area (Å²) in [5, 5.41) is 13.7. The lowest BCUT2D eigenvalue weighted by atomic mass is 10.3. The largest absolute Gasteiger partial charge is 0.492 e. The van der Waals surface area contributed by atoms with Crippen LogP contribution in [0.15, 0.2) is 24.3 Å². The Morgan fingerprint density at radius 3 is 2.88 bits per heavy atom. The van der Waals surface area contributed by atoms with Gasteiger partial charge in [0.15, 0.2) is 0 Å². The number of nitrogens with one attached hydrogen (secondary N) is 1. The Kier molecular flexibility index (Phi) is 4.72. The molecule has 0 radical (unpaired) electrons. The van der Waals surface area contributed by atoms with Crippen molar-refractivity contribution in [1.82, 2.24) is 5.32 Å². The van der Waals surface area contributed by atoms with Gasteiger partial charge in [0.1, 0.15) is 12.4 Å². The molecule has 0 saturated heterocycles. The van der Waals surface area contributed by atoms with Crippen LogP contribution in [0.2, 0.25) is 0 Å². The lowest BCUT2D eigenvalue weighted by Crippen LogP contribution is -2.27. The molecular formula is C11H16N2O3. The first-order valence-corrected chi connectivity index (χ1v) is 5.20. The Morgan fingerprint density at radius 2 is 2.25 bits per heavy atom. The lowest BCUT2D eigenvalue weighted by Gasteiger charge is -2.09. The summed E-state index contributed by atoms with van der Waals surface area (Å²) in [7, 11) is 0. The highest BCUT2D eigenvalue weighted by Gasteiger charge is 2.05. The van der Waals surface area contributed by atoms with E-state index in [2.05, 4.69) is 5.32 Å². The van der Waals surface area contributed by atoms with Crippen LogP contribution in [0.1, 0.15) is 13.8 Å². The summed E-state index contributed by atoms with van der Waals surface area (Å²) in [6.07, 6.45) is 0. The monoisotopic (exact) mass is 224 g/mol. The van der Waals surface area contributed by atoms with E-state index in [4.69, 9.17) is 4.74 Å². The highest BCUT2D eigenvalue weighted by molar-refractivity contribution is 5.37. The van der Waals surface area contributed by atoms with Crippen molar-refractivity contribution in [2.45, 2.75) is 19.9 Å². The van der Waals surface area contributed by atoms with Crippen LogP contribution in [0.3, 0.4) is 0 Å². The number of hydrogen-bond acceptors (Lipinski definition) is 4. The second kappa shape index (κ2) is 6.07. The van der Waals surface area contributed by atoms with Crippen molar-refractivity contribution >= 4 is 5.69 Å². The maximum absolute atomic E-state index is 10.5. The van der Waals surface area contributed by atoms with E-state index in [9.17, 15) is 10.1 Å². The molecule has 0 fully saturated rings. The van der Waals surface area contributed by atoms with Crippen LogP contribution < -0.4 is 10.1 Å². The maximum atomic E-state index is 10.5. The van der Waals surface area contributed by atoms with Crippen LogP contribution in [0, 0.1) is 10.1 Å². The van der Waals surface area contributed by atoms with Gasteiger partial charge in [-0.2, -0.15) is 0 Å². The molecule has 0 aliphatic rings.